The van der Waals surface area contributed by atoms with Gasteiger partial charge < -0.3 is 5.11 Å². The molecule has 44 heavy (non-hydrogen) atoms. The minimum Gasteiger partial charge on any atom is -0.506 e. The van der Waals surface area contributed by atoms with E-state index >= 15 is 0 Å². The average molecular weight is 604 g/mol. The topological polar surface area (TPSA) is 48.6 Å². The number of hydrogen-bond acceptors (Lipinski definition) is 3. The zero-order chi connectivity index (χ0) is 32.1. The van der Waals surface area contributed by atoms with E-state index in [9.17, 15) is 9.90 Å². The maximum absolute atomic E-state index is 13.5. The van der Waals surface area contributed by atoms with Crippen LogP contribution in [0.15, 0.2) is 103 Å². The largest absolute Gasteiger partial charge is 0.506 e. The highest BCUT2D eigenvalue weighted by Gasteiger charge is 2.34. The average Bonchev–Trinajstić information content (AvgIpc) is 2.93. The number of aliphatic hydroxyl groups excluding tert-OH is 1. The van der Waals surface area contributed by atoms with Gasteiger partial charge in [-0.3, -0.25) is 4.79 Å². The van der Waals surface area contributed by atoms with Gasteiger partial charge in [0.25, 0.3) is 0 Å². The van der Waals surface area contributed by atoms with Crippen molar-refractivity contribution in [1.82, 2.24) is 0 Å². The molecule has 2 aliphatic rings. The standard InChI is InChI=1S/C40H42O3S/c1-23-11-13-29(25(3)15-23)33-19-27(20-34(43-33)30-14-12-24(2)16-26(30)4)17-31-37(41)32(38(31)42)18-28-21-35(39(5,6)7)44-36(22-28)40(8,9)10/h11-22H,1-10H3/p+1. The van der Waals surface area contributed by atoms with Crippen LogP contribution in [0.25, 0.3) is 28.7 Å². The second-order valence-corrected chi connectivity index (χ2v) is 15.3. The lowest BCUT2D eigenvalue weighted by molar-refractivity contribution is -0.113. The first-order valence-electron chi connectivity index (χ1n) is 15.2. The summed E-state index contributed by atoms with van der Waals surface area (Å²) in [7, 11) is 0. The quantitative estimate of drug-likeness (QED) is 0.238. The first-order valence-corrected chi connectivity index (χ1v) is 16.0. The van der Waals surface area contributed by atoms with Crippen molar-refractivity contribution in [3.8, 4) is 22.6 Å². The van der Waals surface area contributed by atoms with Crippen molar-refractivity contribution in [3.63, 3.8) is 0 Å². The van der Waals surface area contributed by atoms with Gasteiger partial charge in [0.1, 0.15) is 5.76 Å². The summed E-state index contributed by atoms with van der Waals surface area (Å²) in [4.78, 5) is 16.0. The predicted molar refractivity (Wildman–Crippen MR) is 186 cm³/mol. The first kappa shape index (κ1) is 31.5. The predicted octanol–water partition coefficient (Wildman–Crippen LogP) is 11.4. The van der Waals surface area contributed by atoms with Gasteiger partial charge in [-0.1, -0.05) is 88.7 Å². The van der Waals surface area contributed by atoms with E-state index in [2.05, 4.69) is 118 Å². The Balaban J connectivity index is 1.60. The minimum absolute atomic E-state index is 0.0269. The van der Waals surface area contributed by atoms with Crippen molar-refractivity contribution in [2.45, 2.75) is 69.2 Å². The molecule has 2 heterocycles. The molecule has 5 rings (SSSR count). The number of aliphatic hydroxyl groups is 1. The van der Waals surface area contributed by atoms with Crippen LogP contribution in [0.3, 0.4) is 0 Å². The normalized spacial score (nSPS) is 16.6. The van der Waals surface area contributed by atoms with E-state index in [1.54, 1.807) is 17.8 Å². The van der Waals surface area contributed by atoms with Crippen LogP contribution < -0.4 is 0 Å². The molecule has 4 heteroatoms. The van der Waals surface area contributed by atoms with Gasteiger partial charge in [0.15, 0.2) is 0 Å². The van der Waals surface area contributed by atoms with E-state index in [1.165, 1.54) is 20.9 Å². The molecule has 0 atom stereocenters. The van der Waals surface area contributed by atoms with Gasteiger partial charge >= 0.3 is 11.5 Å². The molecule has 1 aliphatic carbocycles. The molecule has 3 aromatic rings. The SMILES string of the molecule is Cc1ccc(-c2cc(C=C3C(=O)C(C=C4C=C(C(C)(C)C)SC(C(C)(C)C)=C4)=C3O)cc(-c3ccc(C)cc3C)[o+]2)c(C)c1. The van der Waals surface area contributed by atoms with Crippen LogP contribution in [0.1, 0.15) is 69.4 Å². The molecule has 0 bridgehead atoms. The van der Waals surface area contributed by atoms with Crippen LogP contribution in [0, 0.1) is 38.5 Å². The summed E-state index contributed by atoms with van der Waals surface area (Å²) in [5, 5.41) is 11.2. The zero-order valence-electron chi connectivity index (χ0n) is 27.6. The van der Waals surface area contributed by atoms with Gasteiger partial charge in [-0.2, -0.15) is 0 Å². The van der Waals surface area contributed by atoms with Crippen molar-refractivity contribution >= 4 is 23.6 Å². The monoisotopic (exact) mass is 603 g/mol. The number of ketones is 1. The highest BCUT2D eigenvalue weighted by Crippen LogP contribution is 2.49. The van der Waals surface area contributed by atoms with Gasteiger partial charge in [0.2, 0.25) is 5.78 Å². The molecular weight excluding hydrogens is 561 g/mol. The van der Waals surface area contributed by atoms with Crippen molar-refractivity contribution in [3.05, 3.63) is 127 Å². The van der Waals surface area contributed by atoms with E-state index in [4.69, 9.17) is 4.42 Å². The van der Waals surface area contributed by atoms with E-state index < -0.39 is 0 Å². The summed E-state index contributed by atoms with van der Waals surface area (Å²) in [5.41, 5.74) is 8.89. The zero-order valence-corrected chi connectivity index (χ0v) is 28.4. The summed E-state index contributed by atoms with van der Waals surface area (Å²) in [6.45, 7) is 21.5. The lowest BCUT2D eigenvalue weighted by atomic mass is 9.84. The van der Waals surface area contributed by atoms with E-state index in [0.717, 1.165) is 33.4 Å². The molecule has 1 aromatic heterocycles. The molecule has 0 unspecified atom stereocenters. The number of carbonyl (C=O) groups excluding carboxylic acids is 1. The number of allylic oxidation sites excluding steroid dienone is 8. The Hall–Kier alpha value is -3.89. The highest BCUT2D eigenvalue weighted by molar-refractivity contribution is 8.06. The van der Waals surface area contributed by atoms with Gasteiger partial charge in [-0.15, -0.1) is 0 Å². The maximum Gasteiger partial charge on any atom is 0.361 e. The second kappa shape index (κ2) is 11.6. The molecular formula is C40H43O3S+. The Morgan fingerprint density at radius 1 is 0.705 bits per heavy atom. The smallest absolute Gasteiger partial charge is 0.361 e. The molecule has 2 aromatic carbocycles. The van der Waals surface area contributed by atoms with Crippen molar-refractivity contribution < 1.29 is 14.3 Å². The summed E-state index contributed by atoms with van der Waals surface area (Å²) in [5.74, 6) is 1.29. The minimum atomic E-state index is -0.161. The number of aryl methyl sites for hydroxylation is 4. The van der Waals surface area contributed by atoms with Crippen LogP contribution in [-0.2, 0) is 4.79 Å². The van der Waals surface area contributed by atoms with Gasteiger partial charge in [-0.05, 0) is 107 Å². The van der Waals surface area contributed by atoms with Gasteiger partial charge in [0.05, 0.1) is 34.4 Å². The molecule has 1 aliphatic heterocycles. The Kier molecular flexibility index (Phi) is 8.28. The summed E-state index contributed by atoms with van der Waals surface area (Å²) in [6.07, 6.45) is 7.88. The Bertz CT molecular complexity index is 1740. The lowest BCUT2D eigenvalue weighted by Gasteiger charge is -2.32. The third-order valence-corrected chi connectivity index (χ3v) is 9.93. The Morgan fingerprint density at radius 2 is 1.18 bits per heavy atom. The number of hydrogen-bond donors (Lipinski definition) is 1. The Labute approximate surface area is 266 Å². The Morgan fingerprint density at radius 3 is 1.59 bits per heavy atom. The van der Waals surface area contributed by atoms with Crippen LogP contribution >= 0.6 is 11.8 Å². The molecule has 3 nitrogen and oxygen atoms in total. The highest BCUT2D eigenvalue weighted by atomic mass is 32.2. The second-order valence-electron chi connectivity index (χ2n) is 14.2. The van der Waals surface area contributed by atoms with E-state index in [1.807, 2.05) is 18.2 Å². The third kappa shape index (κ3) is 6.46. The van der Waals surface area contributed by atoms with Gasteiger partial charge in [-0.25, -0.2) is 4.42 Å². The number of thioether (sulfide) groups is 1. The summed E-state index contributed by atoms with van der Waals surface area (Å²) >= 11 is 1.81. The fraction of sp³-hybridized carbons (Fsp3) is 0.300. The number of Topliss-reactive ketones (excluding diaryl/α,β-unsaturated/α-hetero) is 1. The van der Waals surface area contributed by atoms with Crippen molar-refractivity contribution in [2.75, 3.05) is 0 Å². The van der Waals surface area contributed by atoms with Crippen molar-refractivity contribution in [2.24, 2.45) is 10.8 Å². The van der Waals surface area contributed by atoms with Crippen LogP contribution in [0.4, 0.5) is 0 Å². The van der Waals surface area contributed by atoms with Crippen molar-refractivity contribution in [1.29, 1.82) is 0 Å². The number of rotatable bonds is 4. The summed E-state index contributed by atoms with van der Waals surface area (Å²) < 4.78 is 6.50. The van der Waals surface area contributed by atoms with E-state index in [0.29, 0.717) is 22.7 Å². The van der Waals surface area contributed by atoms with Crippen LogP contribution in [0.5, 0.6) is 0 Å². The van der Waals surface area contributed by atoms with Crippen LogP contribution in [0.2, 0.25) is 0 Å². The maximum atomic E-state index is 13.5. The first-order chi connectivity index (χ1) is 20.5. The molecule has 226 valence electrons. The van der Waals surface area contributed by atoms with Crippen LogP contribution in [-0.4, -0.2) is 10.9 Å². The third-order valence-electron chi connectivity index (χ3n) is 8.03. The molecule has 1 N–H and O–H groups in total. The molecule has 0 spiro atoms. The molecule has 0 saturated heterocycles. The fourth-order valence-corrected chi connectivity index (χ4v) is 6.68. The number of benzene rings is 2. The van der Waals surface area contributed by atoms with Gasteiger partial charge in [0, 0.05) is 0 Å². The molecule has 0 saturated carbocycles. The summed E-state index contributed by atoms with van der Waals surface area (Å²) in [6, 6.07) is 16.5. The fourth-order valence-electron chi connectivity index (χ4n) is 5.44. The molecule has 0 fully saturated rings. The molecule has 0 radical (unpaired) electrons. The lowest BCUT2D eigenvalue weighted by Crippen LogP contribution is -2.21. The molecule has 0 amide bonds. The number of carbonyl (C=O) groups is 1. The van der Waals surface area contributed by atoms with E-state index in [-0.39, 0.29) is 22.4 Å².